The number of rotatable bonds is 4. The van der Waals surface area contributed by atoms with Gasteiger partial charge in [0, 0.05) is 0 Å². The minimum atomic E-state index is -5.52. The topological polar surface area (TPSA) is 35.2 Å². The molecule has 0 bridgehead atoms. The third kappa shape index (κ3) is 4.38. The highest BCUT2D eigenvalue weighted by Gasteiger charge is 2.58. The average molecular weight is 301 g/mol. The van der Waals surface area contributed by atoms with Crippen LogP contribution in [-0.4, -0.2) is 25.1 Å². The molecule has 0 aromatic heterocycles. The quantitative estimate of drug-likeness (QED) is 0.864. The maximum atomic E-state index is 12.3. The van der Waals surface area contributed by atoms with Crippen molar-refractivity contribution < 1.29 is 31.1 Å². The number of alkyl halides is 6. The molecule has 0 amide bonds. The van der Waals surface area contributed by atoms with Crippen LogP contribution in [-0.2, 0) is 4.74 Å². The van der Waals surface area contributed by atoms with E-state index in [2.05, 4.69) is 4.74 Å². The second-order valence-electron chi connectivity index (χ2n) is 4.26. The first-order valence-electron chi connectivity index (χ1n) is 5.59. The summed E-state index contributed by atoms with van der Waals surface area (Å²) in [7, 11) is 0. The predicted molar refractivity (Wildman–Crippen MR) is 60.0 cm³/mol. The van der Waals surface area contributed by atoms with Gasteiger partial charge in [-0.05, 0) is 18.1 Å². The SMILES string of the molecule is Cc1ccccc1C(N)COC(C(F)(F)F)C(F)(F)F. The Morgan fingerprint density at radius 3 is 2.00 bits per heavy atom. The zero-order chi connectivity index (χ0) is 15.6. The summed E-state index contributed by atoms with van der Waals surface area (Å²) in [5, 5.41) is 0. The predicted octanol–water partition coefficient (Wildman–Crippen LogP) is 3.50. The Labute approximate surface area is 111 Å². The van der Waals surface area contributed by atoms with Crippen molar-refractivity contribution in [2.75, 3.05) is 6.61 Å². The summed E-state index contributed by atoms with van der Waals surface area (Å²) in [4.78, 5) is 0. The van der Waals surface area contributed by atoms with Crippen LogP contribution in [0.5, 0.6) is 0 Å². The molecule has 1 aromatic carbocycles. The first kappa shape index (κ1) is 16.8. The molecule has 1 atom stereocenters. The molecule has 20 heavy (non-hydrogen) atoms. The number of aryl methyl sites for hydroxylation is 1. The van der Waals surface area contributed by atoms with Crippen molar-refractivity contribution >= 4 is 0 Å². The van der Waals surface area contributed by atoms with Gasteiger partial charge < -0.3 is 10.5 Å². The maximum Gasteiger partial charge on any atom is 0.423 e. The van der Waals surface area contributed by atoms with Gasteiger partial charge in [0.1, 0.15) is 0 Å². The molecular formula is C12H13F6NO. The summed E-state index contributed by atoms with van der Waals surface area (Å²) < 4.78 is 77.5. The molecule has 0 aliphatic carbocycles. The molecule has 0 spiro atoms. The van der Waals surface area contributed by atoms with Crippen LogP contribution in [0.3, 0.4) is 0 Å². The van der Waals surface area contributed by atoms with Crippen LogP contribution >= 0.6 is 0 Å². The molecule has 0 radical (unpaired) electrons. The Hall–Kier alpha value is -1.28. The first-order valence-corrected chi connectivity index (χ1v) is 5.59. The van der Waals surface area contributed by atoms with Crippen LogP contribution in [0.2, 0.25) is 0 Å². The number of nitrogens with two attached hydrogens (primary N) is 1. The highest BCUT2D eigenvalue weighted by Crippen LogP contribution is 2.36. The summed E-state index contributed by atoms with van der Waals surface area (Å²) >= 11 is 0. The standard InChI is InChI=1S/C12H13F6NO/c1-7-4-2-3-5-8(7)9(19)6-20-10(11(13,14)15)12(16,17)18/h2-5,9-10H,6,19H2,1H3. The van der Waals surface area contributed by atoms with Gasteiger partial charge >= 0.3 is 12.4 Å². The van der Waals surface area contributed by atoms with Gasteiger partial charge in [0.2, 0.25) is 6.10 Å². The normalized spacial score (nSPS) is 14.7. The highest BCUT2D eigenvalue weighted by atomic mass is 19.4. The van der Waals surface area contributed by atoms with Crippen LogP contribution in [0.1, 0.15) is 17.2 Å². The van der Waals surface area contributed by atoms with E-state index in [9.17, 15) is 26.3 Å². The van der Waals surface area contributed by atoms with Crippen molar-refractivity contribution in [3.05, 3.63) is 35.4 Å². The first-order chi connectivity index (χ1) is 9.03. The average Bonchev–Trinajstić information content (AvgIpc) is 2.25. The minimum Gasteiger partial charge on any atom is -0.359 e. The summed E-state index contributed by atoms with van der Waals surface area (Å²) in [5.74, 6) is 0. The molecule has 2 nitrogen and oxygen atoms in total. The zero-order valence-electron chi connectivity index (χ0n) is 10.4. The number of hydrogen-bond donors (Lipinski definition) is 1. The van der Waals surface area contributed by atoms with Gasteiger partial charge in [-0.1, -0.05) is 24.3 Å². The fourth-order valence-corrected chi connectivity index (χ4v) is 1.67. The van der Waals surface area contributed by atoms with Crippen molar-refractivity contribution in [3.63, 3.8) is 0 Å². The fourth-order valence-electron chi connectivity index (χ4n) is 1.67. The largest absolute Gasteiger partial charge is 0.423 e. The van der Waals surface area contributed by atoms with E-state index in [0.717, 1.165) is 0 Å². The Balaban J connectivity index is 2.76. The molecule has 0 saturated carbocycles. The Bertz CT molecular complexity index is 428. The minimum absolute atomic E-state index is 0.440. The summed E-state index contributed by atoms with van der Waals surface area (Å²) in [5.41, 5.74) is 6.68. The Morgan fingerprint density at radius 2 is 1.55 bits per heavy atom. The van der Waals surface area contributed by atoms with Crippen molar-refractivity contribution in [2.45, 2.75) is 31.4 Å². The molecule has 0 heterocycles. The van der Waals surface area contributed by atoms with Crippen molar-refractivity contribution in [3.8, 4) is 0 Å². The Morgan fingerprint density at radius 1 is 1.05 bits per heavy atom. The van der Waals surface area contributed by atoms with Crippen LogP contribution in [0.25, 0.3) is 0 Å². The van der Waals surface area contributed by atoms with Gasteiger partial charge in [-0.2, -0.15) is 26.3 Å². The van der Waals surface area contributed by atoms with Gasteiger partial charge in [-0.3, -0.25) is 0 Å². The van der Waals surface area contributed by atoms with Crippen molar-refractivity contribution in [1.29, 1.82) is 0 Å². The van der Waals surface area contributed by atoms with E-state index in [-0.39, 0.29) is 0 Å². The van der Waals surface area contributed by atoms with Crippen LogP contribution < -0.4 is 5.73 Å². The molecule has 2 N–H and O–H groups in total. The van der Waals surface area contributed by atoms with Gasteiger partial charge in [-0.15, -0.1) is 0 Å². The molecular weight excluding hydrogens is 288 g/mol. The molecule has 114 valence electrons. The van der Waals surface area contributed by atoms with E-state index in [4.69, 9.17) is 5.73 Å². The van der Waals surface area contributed by atoms with E-state index >= 15 is 0 Å². The molecule has 1 aromatic rings. The number of ether oxygens (including phenoxy) is 1. The fraction of sp³-hybridized carbons (Fsp3) is 0.500. The summed E-state index contributed by atoms with van der Waals surface area (Å²) in [6.07, 6.45) is -14.9. The van der Waals surface area contributed by atoms with E-state index in [1.807, 2.05) is 0 Å². The smallest absolute Gasteiger partial charge is 0.359 e. The zero-order valence-corrected chi connectivity index (χ0v) is 10.4. The van der Waals surface area contributed by atoms with E-state index in [1.54, 1.807) is 25.1 Å². The maximum absolute atomic E-state index is 12.3. The lowest BCUT2D eigenvalue weighted by atomic mass is 10.0. The lowest BCUT2D eigenvalue weighted by Gasteiger charge is -2.25. The monoisotopic (exact) mass is 301 g/mol. The van der Waals surface area contributed by atoms with Crippen LogP contribution in [0.15, 0.2) is 24.3 Å². The van der Waals surface area contributed by atoms with Gasteiger partial charge in [0.15, 0.2) is 0 Å². The second kappa shape index (κ2) is 6.01. The molecule has 0 fully saturated rings. The van der Waals surface area contributed by atoms with E-state index < -0.39 is 31.1 Å². The molecule has 0 saturated heterocycles. The van der Waals surface area contributed by atoms with E-state index in [1.165, 1.54) is 6.07 Å². The number of hydrogen-bond acceptors (Lipinski definition) is 2. The third-order valence-corrected chi connectivity index (χ3v) is 2.62. The summed E-state index contributed by atoms with van der Waals surface area (Å²) in [6.45, 7) is 0.773. The molecule has 1 rings (SSSR count). The van der Waals surface area contributed by atoms with E-state index in [0.29, 0.717) is 11.1 Å². The van der Waals surface area contributed by atoms with Crippen LogP contribution in [0.4, 0.5) is 26.3 Å². The molecule has 0 aliphatic rings. The van der Waals surface area contributed by atoms with Gasteiger partial charge in [-0.25, -0.2) is 0 Å². The summed E-state index contributed by atoms with van der Waals surface area (Å²) in [6, 6.07) is 5.39. The molecule has 0 aliphatic heterocycles. The Kier molecular flexibility index (Phi) is 5.04. The van der Waals surface area contributed by atoms with Gasteiger partial charge in [0.05, 0.1) is 12.6 Å². The van der Waals surface area contributed by atoms with Gasteiger partial charge in [0.25, 0.3) is 0 Å². The number of halogens is 6. The molecule has 1 unspecified atom stereocenters. The second-order valence-corrected chi connectivity index (χ2v) is 4.26. The lowest BCUT2D eigenvalue weighted by Crippen LogP contribution is -2.45. The van der Waals surface area contributed by atoms with Crippen LogP contribution in [0, 0.1) is 6.92 Å². The number of benzene rings is 1. The van der Waals surface area contributed by atoms with Crippen molar-refractivity contribution in [1.82, 2.24) is 0 Å². The highest BCUT2D eigenvalue weighted by molar-refractivity contribution is 5.28. The van der Waals surface area contributed by atoms with Crippen molar-refractivity contribution in [2.24, 2.45) is 5.73 Å². The third-order valence-electron chi connectivity index (χ3n) is 2.62. The lowest BCUT2D eigenvalue weighted by molar-refractivity contribution is -0.322. The molecule has 8 heteroatoms.